The number of ether oxygens (including phenoxy) is 3. The Morgan fingerprint density at radius 2 is 1.73 bits per heavy atom. The van der Waals surface area contributed by atoms with Crippen molar-refractivity contribution >= 4 is 0 Å². The van der Waals surface area contributed by atoms with Gasteiger partial charge in [0.05, 0.1) is 6.04 Å². The van der Waals surface area contributed by atoms with Crippen LogP contribution in [-0.2, 0) is 14.2 Å². The lowest BCUT2D eigenvalue weighted by molar-refractivity contribution is -0.154. The molecule has 0 saturated heterocycles. The molecule has 0 aromatic rings. The first kappa shape index (κ1) is 14.8. The number of likely N-dealkylation sites (N-methyl/N-ethyl adjacent to an activating group) is 1. The van der Waals surface area contributed by atoms with Gasteiger partial charge in [-0.25, -0.2) is 0 Å². The molecule has 0 aliphatic carbocycles. The zero-order chi connectivity index (χ0) is 11.5. The largest absolute Gasteiger partial charge is 0.385 e. The van der Waals surface area contributed by atoms with Gasteiger partial charge in [-0.05, 0) is 33.7 Å². The van der Waals surface area contributed by atoms with E-state index in [-0.39, 0.29) is 12.3 Å². The van der Waals surface area contributed by atoms with E-state index in [1.165, 1.54) is 0 Å². The first-order valence-electron chi connectivity index (χ1n) is 5.69. The third-order valence-electron chi connectivity index (χ3n) is 2.22. The Labute approximate surface area is 93.3 Å². The summed E-state index contributed by atoms with van der Waals surface area (Å²) in [5, 5.41) is 3.23. The highest BCUT2D eigenvalue weighted by Gasteiger charge is 2.19. The molecule has 1 N–H and O–H groups in total. The van der Waals surface area contributed by atoms with Crippen molar-refractivity contribution in [3.05, 3.63) is 0 Å². The van der Waals surface area contributed by atoms with Crippen molar-refractivity contribution in [2.45, 2.75) is 39.0 Å². The van der Waals surface area contributed by atoms with Crippen LogP contribution < -0.4 is 5.32 Å². The molecule has 0 radical (unpaired) electrons. The van der Waals surface area contributed by atoms with Crippen LogP contribution >= 0.6 is 0 Å². The van der Waals surface area contributed by atoms with Gasteiger partial charge in [-0.15, -0.1) is 0 Å². The Hall–Kier alpha value is -0.160. The third kappa shape index (κ3) is 6.84. The Morgan fingerprint density at radius 3 is 2.13 bits per heavy atom. The predicted molar refractivity (Wildman–Crippen MR) is 61.0 cm³/mol. The van der Waals surface area contributed by atoms with Crippen molar-refractivity contribution in [2.24, 2.45) is 0 Å². The zero-order valence-electron chi connectivity index (χ0n) is 10.4. The zero-order valence-corrected chi connectivity index (χ0v) is 10.4. The number of rotatable bonds is 10. The Morgan fingerprint density at radius 1 is 1.13 bits per heavy atom. The second kappa shape index (κ2) is 10.4. The van der Waals surface area contributed by atoms with Crippen LogP contribution in [0.4, 0.5) is 0 Å². The quantitative estimate of drug-likeness (QED) is 0.445. The van der Waals surface area contributed by atoms with Gasteiger partial charge < -0.3 is 19.5 Å². The molecule has 0 saturated carbocycles. The lowest BCUT2D eigenvalue weighted by Crippen LogP contribution is -2.41. The van der Waals surface area contributed by atoms with E-state index < -0.39 is 0 Å². The van der Waals surface area contributed by atoms with Gasteiger partial charge in [-0.2, -0.15) is 0 Å². The Kier molecular flexibility index (Phi) is 10.3. The van der Waals surface area contributed by atoms with E-state index in [0.717, 1.165) is 19.4 Å². The minimum Gasteiger partial charge on any atom is -0.385 e. The summed E-state index contributed by atoms with van der Waals surface area (Å²) in [5.41, 5.74) is 0. The lowest BCUT2D eigenvalue weighted by atomic mass is 10.1. The fraction of sp³-hybridized carbons (Fsp3) is 1.00. The van der Waals surface area contributed by atoms with Crippen LogP contribution in [0, 0.1) is 0 Å². The van der Waals surface area contributed by atoms with Crippen LogP contribution in [-0.4, -0.2) is 46.3 Å². The molecule has 92 valence electrons. The molecule has 0 aromatic heterocycles. The monoisotopic (exact) mass is 219 g/mol. The van der Waals surface area contributed by atoms with E-state index >= 15 is 0 Å². The number of hydrogen-bond donors (Lipinski definition) is 1. The molecule has 0 rings (SSSR count). The standard InChI is InChI=1S/C11H25NO3/c1-5-14-11(15-6-2)10(12-3)8-7-9-13-4/h10-12H,5-9H2,1-4H3. The lowest BCUT2D eigenvalue weighted by Gasteiger charge is -2.26. The highest BCUT2D eigenvalue weighted by molar-refractivity contribution is 4.69. The molecule has 0 amide bonds. The van der Waals surface area contributed by atoms with E-state index in [1.54, 1.807) is 7.11 Å². The van der Waals surface area contributed by atoms with E-state index in [9.17, 15) is 0 Å². The summed E-state index contributed by atoms with van der Waals surface area (Å²) in [7, 11) is 3.65. The van der Waals surface area contributed by atoms with Crippen LogP contribution in [0.5, 0.6) is 0 Å². The van der Waals surface area contributed by atoms with Crippen LogP contribution in [0.25, 0.3) is 0 Å². The first-order chi connectivity index (χ1) is 7.29. The molecule has 4 nitrogen and oxygen atoms in total. The molecule has 0 heterocycles. The third-order valence-corrected chi connectivity index (χ3v) is 2.22. The molecule has 15 heavy (non-hydrogen) atoms. The van der Waals surface area contributed by atoms with Crippen molar-refractivity contribution in [1.82, 2.24) is 5.32 Å². The van der Waals surface area contributed by atoms with Gasteiger partial charge in [-0.3, -0.25) is 0 Å². The van der Waals surface area contributed by atoms with Gasteiger partial charge in [0.2, 0.25) is 0 Å². The van der Waals surface area contributed by atoms with Gasteiger partial charge in [-0.1, -0.05) is 0 Å². The van der Waals surface area contributed by atoms with Crippen molar-refractivity contribution in [1.29, 1.82) is 0 Å². The second-order valence-corrected chi connectivity index (χ2v) is 3.31. The Bertz CT molecular complexity index is 127. The highest BCUT2D eigenvalue weighted by atomic mass is 16.7. The van der Waals surface area contributed by atoms with Crippen LogP contribution in [0.2, 0.25) is 0 Å². The van der Waals surface area contributed by atoms with Gasteiger partial charge in [0.1, 0.15) is 0 Å². The second-order valence-electron chi connectivity index (χ2n) is 3.31. The number of methoxy groups -OCH3 is 1. The molecular weight excluding hydrogens is 194 g/mol. The summed E-state index contributed by atoms with van der Waals surface area (Å²) >= 11 is 0. The maximum absolute atomic E-state index is 5.54. The number of nitrogens with one attached hydrogen (secondary N) is 1. The topological polar surface area (TPSA) is 39.7 Å². The summed E-state index contributed by atoms with van der Waals surface area (Å²) < 4.78 is 16.1. The van der Waals surface area contributed by atoms with Crippen LogP contribution in [0.3, 0.4) is 0 Å². The van der Waals surface area contributed by atoms with E-state index in [4.69, 9.17) is 14.2 Å². The maximum atomic E-state index is 5.54. The minimum absolute atomic E-state index is 0.151. The van der Waals surface area contributed by atoms with Gasteiger partial charge >= 0.3 is 0 Å². The summed E-state index contributed by atoms with van der Waals surface area (Å²) in [4.78, 5) is 0. The van der Waals surface area contributed by atoms with Gasteiger partial charge in [0.25, 0.3) is 0 Å². The average Bonchev–Trinajstić information content (AvgIpc) is 2.24. The number of hydrogen-bond acceptors (Lipinski definition) is 4. The Balaban J connectivity index is 3.93. The summed E-state index contributed by atoms with van der Waals surface area (Å²) in [6, 6.07) is 0.236. The smallest absolute Gasteiger partial charge is 0.172 e. The molecule has 1 atom stereocenters. The summed E-state index contributed by atoms with van der Waals surface area (Å²) in [6.45, 7) is 6.09. The van der Waals surface area contributed by atoms with Crippen LogP contribution in [0.15, 0.2) is 0 Å². The maximum Gasteiger partial charge on any atom is 0.172 e. The normalized spacial score (nSPS) is 13.4. The molecule has 0 spiro atoms. The summed E-state index contributed by atoms with van der Waals surface area (Å²) in [5.74, 6) is 0. The van der Waals surface area contributed by atoms with Gasteiger partial charge in [0, 0.05) is 26.9 Å². The van der Waals surface area contributed by atoms with Crippen LogP contribution in [0.1, 0.15) is 26.7 Å². The first-order valence-corrected chi connectivity index (χ1v) is 5.69. The summed E-state index contributed by atoms with van der Waals surface area (Å²) in [6.07, 6.45) is 1.86. The molecule has 0 bridgehead atoms. The fourth-order valence-corrected chi connectivity index (χ4v) is 1.47. The van der Waals surface area contributed by atoms with Crippen molar-refractivity contribution in [3.8, 4) is 0 Å². The van der Waals surface area contributed by atoms with Crippen molar-refractivity contribution in [3.63, 3.8) is 0 Å². The van der Waals surface area contributed by atoms with Crippen molar-refractivity contribution in [2.75, 3.05) is 34.0 Å². The van der Waals surface area contributed by atoms with E-state index in [2.05, 4.69) is 5.32 Å². The molecule has 0 aromatic carbocycles. The molecule has 0 aliphatic heterocycles. The average molecular weight is 219 g/mol. The van der Waals surface area contributed by atoms with E-state index in [1.807, 2.05) is 20.9 Å². The van der Waals surface area contributed by atoms with Crippen molar-refractivity contribution < 1.29 is 14.2 Å². The molecule has 4 heteroatoms. The molecular formula is C11H25NO3. The molecule has 0 fully saturated rings. The van der Waals surface area contributed by atoms with Gasteiger partial charge in [0.15, 0.2) is 6.29 Å². The van der Waals surface area contributed by atoms with E-state index in [0.29, 0.717) is 13.2 Å². The predicted octanol–water partition coefficient (Wildman–Crippen LogP) is 1.40. The minimum atomic E-state index is -0.151. The fourth-order valence-electron chi connectivity index (χ4n) is 1.47. The molecule has 0 aliphatic rings. The highest BCUT2D eigenvalue weighted by Crippen LogP contribution is 2.08. The SMILES string of the molecule is CCOC(OCC)C(CCCOC)NC. The molecule has 1 unspecified atom stereocenters.